The van der Waals surface area contributed by atoms with Crippen LogP contribution in [0, 0.1) is 6.92 Å². The summed E-state index contributed by atoms with van der Waals surface area (Å²) in [5, 5.41) is 2.84. The van der Waals surface area contributed by atoms with Crippen LogP contribution in [0.25, 0.3) is 0 Å². The SMILES string of the molecule is CC(=O)N(CC(=O)Nc1ccc(N(C)C)cc1)Cc1cccc(C)c1. The van der Waals surface area contributed by atoms with E-state index in [1.54, 1.807) is 0 Å². The van der Waals surface area contributed by atoms with Crippen molar-refractivity contribution in [1.82, 2.24) is 4.90 Å². The van der Waals surface area contributed by atoms with E-state index in [4.69, 9.17) is 0 Å². The molecule has 0 spiro atoms. The molecule has 2 amide bonds. The van der Waals surface area contributed by atoms with Crippen molar-refractivity contribution in [3.63, 3.8) is 0 Å². The zero-order valence-corrected chi connectivity index (χ0v) is 15.2. The number of nitrogens with zero attached hydrogens (tertiary/aromatic N) is 2. The second kappa shape index (κ2) is 8.33. The summed E-state index contributed by atoms with van der Waals surface area (Å²) in [4.78, 5) is 27.7. The van der Waals surface area contributed by atoms with Crippen molar-refractivity contribution in [1.29, 1.82) is 0 Å². The van der Waals surface area contributed by atoms with Crippen LogP contribution in [0.15, 0.2) is 48.5 Å². The molecular weight excluding hydrogens is 314 g/mol. The molecule has 132 valence electrons. The van der Waals surface area contributed by atoms with E-state index in [1.165, 1.54) is 11.8 Å². The van der Waals surface area contributed by atoms with Gasteiger partial charge in [0.15, 0.2) is 0 Å². The molecule has 0 bridgehead atoms. The van der Waals surface area contributed by atoms with Gasteiger partial charge in [0.05, 0.1) is 0 Å². The van der Waals surface area contributed by atoms with Crippen LogP contribution in [-0.4, -0.2) is 37.4 Å². The van der Waals surface area contributed by atoms with E-state index >= 15 is 0 Å². The third kappa shape index (κ3) is 5.64. The molecule has 0 saturated carbocycles. The van der Waals surface area contributed by atoms with E-state index in [0.29, 0.717) is 6.54 Å². The fourth-order valence-corrected chi connectivity index (χ4v) is 2.53. The lowest BCUT2D eigenvalue weighted by Crippen LogP contribution is -2.36. The fraction of sp³-hybridized carbons (Fsp3) is 0.300. The predicted molar refractivity (Wildman–Crippen MR) is 102 cm³/mol. The molecular formula is C20H25N3O2. The molecule has 5 nitrogen and oxygen atoms in total. The number of hydrogen-bond acceptors (Lipinski definition) is 3. The fourth-order valence-electron chi connectivity index (χ4n) is 2.53. The topological polar surface area (TPSA) is 52.7 Å². The summed E-state index contributed by atoms with van der Waals surface area (Å²) >= 11 is 0. The van der Waals surface area contributed by atoms with Crippen LogP contribution in [0.5, 0.6) is 0 Å². The number of carbonyl (C=O) groups is 2. The Kier molecular flexibility index (Phi) is 6.17. The molecule has 0 aliphatic carbocycles. The van der Waals surface area contributed by atoms with Crippen molar-refractivity contribution in [3.8, 4) is 0 Å². The van der Waals surface area contributed by atoms with Gasteiger partial charge in [-0.25, -0.2) is 0 Å². The van der Waals surface area contributed by atoms with E-state index in [-0.39, 0.29) is 18.4 Å². The number of anilines is 2. The van der Waals surface area contributed by atoms with Crippen molar-refractivity contribution in [2.24, 2.45) is 0 Å². The lowest BCUT2D eigenvalue weighted by atomic mass is 10.1. The zero-order chi connectivity index (χ0) is 18.4. The smallest absolute Gasteiger partial charge is 0.244 e. The molecule has 25 heavy (non-hydrogen) atoms. The maximum atomic E-state index is 12.3. The Balaban J connectivity index is 1.99. The average Bonchev–Trinajstić information content (AvgIpc) is 2.54. The summed E-state index contributed by atoms with van der Waals surface area (Å²) in [6.07, 6.45) is 0. The number of benzene rings is 2. The maximum absolute atomic E-state index is 12.3. The van der Waals surface area contributed by atoms with Gasteiger partial charge in [0, 0.05) is 38.9 Å². The Bertz CT molecular complexity index is 739. The van der Waals surface area contributed by atoms with Crippen LogP contribution in [0.1, 0.15) is 18.1 Å². The van der Waals surface area contributed by atoms with Crippen LogP contribution >= 0.6 is 0 Å². The van der Waals surface area contributed by atoms with Gasteiger partial charge in [-0.15, -0.1) is 0 Å². The van der Waals surface area contributed by atoms with Crippen molar-refractivity contribution in [2.45, 2.75) is 20.4 Å². The molecule has 2 aromatic carbocycles. The molecule has 0 aromatic heterocycles. The number of rotatable bonds is 6. The summed E-state index contributed by atoms with van der Waals surface area (Å²) in [6.45, 7) is 3.93. The average molecular weight is 339 g/mol. The van der Waals surface area contributed by atoms with E-state index in [0.717, 1.165) is 22.5 Å². The lowest BCUT2D eigenvalue weighted by molar-refractivity contribution is -0.133. The standard InChI is InChI=1S/C20H25N3O2/c1-15-6-5-7-17(12-15)13-23(16(2)24)14-20(25)21-18-8-10-19(11-9-18)22(3)4/h5-12H,13-14H2,1-4H3,(H,21,25). The zero-order valence-electron chi connectivity index (χ0n) is 15.2. The summed E-state index contributed by atoms with van der Waals surface area (Å²) in [6, 6.07) is 15.5. The Labute approximate surface area is 149 Å². The minimum Gasteiger partial charge on any atom is -0.378 e. The molecule has 5 heteroatoms. The van der Waals surface area contributed by atoms with E-state index in [9.17, 15) is 9.59 Å². The Morgan fingerprint density at radius 2 is 1.72 bits per heavy atom. The first-order valence-electron chi connectivity index (χ1n) is 8.23. The van der Waals surface area contributed by atoms with E-state index in [2.05, 4.69) is 5.32 Å². The van der Waals surface area contributed by atoms with Gasteiger partial charge in [-0.1, -0.05) is 29.8 Å². The third-order valence-electron chi connectivity index (χ3n) is 3.90. The third-order valence-corrected chi connectivity index (χ3v) is 3.90. The van der Waals surface area contributed by atoms with Crippen LogP contribution in [0.3, 0.4) is 0 Å². The number of nitrogens with one attached hydrogen (secondary N) is 1. The van der Waals surface area contributed by atoms with Gasteiger partial charge in [-0.05, 0) is 36.8 Å². The van der Waals surface area contributed by atoms with Gasteiger partial charge in [0.2, 0.25) is 11.8 Å². The Morgan fingerprint density at radius 3 is 2.28 bits per heavy atom. The normalized spacial score (nSPS) is 10.2. The maximum Gasteiger partial charge on any atom is 0.244 e. The van der Waals surface area contributed by atoms with Gasteiger partial charge in [0.25, 0.3) is 0 Å². The summed E-state index contributed by atoms with van der Waals surface area (Å²) in [7, 11) is 3.92. The molecule has 1 N–H and O–H groups in total. The van der Waals surface area contributed by atoms with Gasteiger partial charge >= 0.3 is 0 Å². The van der Waals surface area contributed by atoms with Gasteiger partial charge in [0.1, 0.15) is 6.54 Å². The monoisotopic (exact) mass is 339 g/mol. The molecule has 0 radical (unpaired) electrons. The molecule has 0 unspecified atom stereocenters. The van der Waals surface area contributed by atoms with Gasteiger partial charge in [-0.2, -0.15) is 0 Å². The van der Waals surface area contributed by atoms with Crippen LogP contribution in [0.2, 0.25) is 0 Å². The molecule has 0 atom stereocenters. The minimum atomic E-state index is -0.208. The number of amides is 2. The first-order valence-corrected chi connectivity index (χ1v) is 8.23. The van der Waals surface area contributed by atoms with E-state index in [1.807, 2.05) is 74.4 Å². The van der Waals surface area contributed by atoms with Crippen molar-refractivity contribution in [2.75, 3.05) is 30.9 Å². The first-order chi connectivity index (χ1) is 11.8. The highest BCUT2D eigenvalue weighted by Gasteiger charge is 2.14. The minimum absolute atomic E-state index is 0.0265. The van der Waals surface area contributed by atoms with Crippen molar-refractivity contribution in [3.05, 3.63) is 59.7 Å². The van der Waals surface area contributed by atoms with E-state index < -0.39 is 0 Å². The Morgan fingerprint density at radius 1 is 1.04 bits per heavy atom. The number of carbonyl (C=O) groups excluding carboxylic acids is 2. The molecule has 0 heterocycles. The molecule has 0 aliphatic heterocycles. The first kappa shape index (κ1) is 18.5. The lowest BCUT2D eigenvalue weighted by Gasteiger charge is -2.21. The molecule has 2 rings (SSSR count). The Hall–Kier alpha value is -2.82. The quantitative estimate of drug-likeness (QED) is 0.880. The second-order valence-corrected chi connectivity index (χ2v) is 6.35. The summed E-state index contributed by atoms with van der Waals surface area (Å²) in [5.41, 5.74) is 3.92. The molecule has 0 fully saturated rings. The summed E-state index contributed by atoms with van der Waals surface area (Å²) in [5.74, 6) is -0.333. The largest absolute Gasteiger partial charge is 0.378 e. The predicted octanol–water partition coefficient (Wildman–Crippen LogP) is 3.05. The highest BCUT2D eigenvalue weighted by molar-refractivity contribution is 5.94. The van der Waals surface area contributed by atoms with Crippen LogP contribution in [0.4, 0.5) is 11.4 Å². The van der Waals surface area contributed by atoms with Crippen molar-refractivity contribution >= 4 is 23.2 Å². The van der Waals surface area contributed by atoms with Gasteiger partial charge in [-0.3, -0.25) is 9.59 Å². The van der Waals surface area contributed by atoms with Crippen molar-refractivity contribution < 1.29 is 9.59 Å². The molecule has 0 saturated heterocycles. The summed E-state index contributed by atoms with van der Waals surface area (Å²) < 4.78 is 0. The highest BCUT2D eigenvalue weighted by atomic mass is 16.2. The molecule has 0 aliphatic rings. The van der Waals surface area contributed by atoms with Crippen LogP contribution in [-0.2, 0) is 16.1 Å². The molecule has 2 aromatic rings. The van der Waals surface area contributed by atoms with Crippen LogP contribution < -0.4 is 10.2 Å². The highest BCUT2D eigenvalue weighted by Crippen LogP contribution is 2.16. The van der Waals surface area contributed by atoms with Gasteiger partial charge < -0.3 is 15.1 Å². The number of hydrogen-bond donors (Lipinski definition) is 1. The second-order valence-electron chi connectivity index (χ2n) is 6.35. The number of aryl methyl sites for hydroxylation is 1.